The normalized spacial score (nSPS) is 34.3. The Balaban J connectivity index is 1.60. The number of rotatable bonds is 9. The van der Waals surface area contributed by atoms with Gasteiger partial charge in [0.15, 0.2) is 11.3 Å². The zero-order valence-electron chi connectivity index (χ0n) is 17.5. The van der Waals surface area contributed by atoms with E-state index in [-0.39, 0.29) is 0 Å². The molecule has 0 aromatic carbocycles. The fraction of sp³-hybridized carbons (Fsp3) is 1.00. The van der Waals surface area contributed by atoms with E-state index < -0.39 is 126 Å². The minimum atomic E-state index is -4.36. The summed E-state index contributed by atoms with van der Waals surface area (Å²) in [5.41, 5.74) is -4.75. The molecule has 3 unspecified atom stereocenters. The molecule has 0 saturated carbocycles. The third-order valence-corrected chi connectivity index (χ3v) is 8.29. The lowest BCUT2D eigenvalue weighted by atomic mass is 10.0. The highest BCUT2D eigenvalue weighted by Crippen LogP contribution is 2.27. The Morgan fingerprint density at radius 2 is 1.41 bits per heavy atom. The van der Waals surface area contributed by atoms with Crippen molar-refractivity contribution < 1.29 is 69.1 Å². The summed E-state index contributed by atoms with van der Waals surface area (Å²) in [4.78, 5) is 0. The van der Waals surface area contributed by atoms with Gasteiger partial charge < -0.3 is 14.0 Å². The maximum absolute atomic E-state index is 14.8. The molecule has 0 amide bonds. The summed E-state index contributed by atoms with van der Waals surface area (Å²) in [6, 6.07) is 0. The maximum atomic E-state index is 14.8. The predicted molar refractivity (Wildman–Crippen MR) is 105 cm³/mol. The Labute approximate surface area is 194 Å². The minimum Gasteiger partial charge on any atom is -0.385 e. The highest BCUT2D eigenvalue weighted by Gasteiger charge is 2.44. The fourth-order valence-corrected chi connectivity index (χ4v) is 6.08. The van der Waals surface area contributed by atoms with E-state index in [4.69, 9.17) is 14.0 Å². The Morgan fingerprint density at radius 3 is 2.00 bits per heavy atom. The van der Waals surface area contributed by atoms with Crippen LogP contribution in [0.5, 0.6) is 0 Å². The molecule has 34 heavy (non-hydrogen) atoms. The first-order valence-corrected chi connectivity index (χ1v) is 14.2. The second-order valence-corrected chi connectivity index (χ2v) is 12.8. The largest absolute Gasteiger partial charge is 0.639 e. The van der Waals surface area contributed by atoms with E-state index in [9.17, 15) is 38.4 Å². The van der Waals surface area contributed by atoms with Gasteiger partial charge in [-0.2, -0.15) is 25.3 Å². The highest BCUT2D eigenvalue weighted by atomic mass is 32.3. The van der Waals surface area contributed by atoms with Crippen LogP contribution in [-0.2, 0) is 61.3 Å². The Hall–Kier alpha value is -0.575. The smallest absolute Gasteiger partial charge is 0.385 e. The van der Waals surface area contributed by atoms with E-state index in [1.807, 2.05) is 0 Å². The Morgan fingerprint density at radius 1 is 0.824 bits per heavy atom. The van der Waals surface area contributed by atoms with Gasteiger partial charge in [-0.05, 0) is 0 Å². The van der Waals surface area contributed by atoms with Crippen molar-refractivity contribution in [2.45, 2.75) is 23.9 Å². The molecule has 0 aromatic rings. The summed E-state index contributed by atoms with van der Waals surface area (Å²) >= 11 is 0. The van der Waals surface area contributed by atoms with Gasteiger partial charge >= 0.3 is 17.7 Å². The van der Waals surface area contributed by atoms with Gasteiger partial charge in [-0.25, -0.2) is 21.5 Å². The van der Waals surface area contributed by atoms with Gasteiger partial charge in [0.25, 0.3) is 20.2 Å². The van der Waals surface area contributed by atoms with Crippen molar-refractivity contribution in [1.82, 2.24) is 0 Å². The molecular formula is C14H22BF3O13S3. The number of hydrogen-bond donors (Lipinski definition) is 0. The second-order valence-electron chi connectivity index (χ2n) is 8.04. The van der Waals surface area contributed by atoms with Gasteiger partial charge in [0, 0.05) is 18.9 Å². The van der Waals surface area contributed by atoms with E-state index in [0.717, 1.165) is 0 Å². The first-order valence-electron chi connectivity index (χ1n) is 9.75. The van der Waals surface area contributed by atoms with E-state index in [0.29, 0.717) is 0 Å². The zero-order valence-corrected chi connectivity index (χ0v) is 19.9. The lowest BCUT2D eigenvalue weighted by Gasteiger charge is -2.32. The Kier molecular flexibility index (Phi) is 8.59. The van der Waals surface area contributed by atoms with E-state index in [1.165, 1.54) is 0 Å². The van der Waals surface area contributed by atoms with Crippen LogP contribution >= 0.6 is 0 Å². The maximum Gasteiger partial charge on any atom is 0.639 e. The molecule has 3 aliphatic rings. The van der Waals surface area contributed by atoms with Crippen molar-refractivity contribution >= 4 is 38.0 Å². The summed E-state index contributed by atoms with van der Waals surface area (Å²) in [7, 11) is -14.1. The molecule has 3 atom stereocenters. The average Bonchev–Trinajstić information content (AvgIpc) is 2.75. The van der Waals surface area contributed by atoms with Crippen molar-refractivity contribution in [3.63, 3.8) is 0 Å². The molecule has 3 fully saturated rings. The molecule has 3 rings (SSSR count). The van der Waals surface area contributed by atoms with Gasteiger partial charge in [0.05, 0.1) is 31.3 Å². The molecule has 0 radical (unpaired) electrons. The van der Waals surface area contributed by atoms with Gasteiger partial charge in [0.1, 0.15) is 26.0 Å². The van der Waals surface area contributed by atoms with Gasteiger partial charge in [0.2, 0.25) is 0 Å². The molecule has 198 valence electrons. The van der Waals surface area contributed by atoms with Crippen LogP contribution in [0.2, 0.25) is 0 Å². The van der Waals surface area contributed by atoms with Crippen LogP contribution < -0.4 is 0 Å². The third-order valence-electron chi connectivity index (χ3n) is 4.96. The van der Waals surface area contributed by atoms with Gasteiger partial charge in [-0.15, -0.1) is 0 Å². The van der Waals surface area contributed by atoms with Crippen molar-refractivity contribution in [3.05, 3.63) is 0 Å². The molecule has 0 bridgehead atoms. The molecular weight excluding hydrogens is 540 g/mol. The number of hydrogen-bond acceptors (Lipinski definition) is 13. The molecule has 0 aliphatic carbocycles. The van der Waals surface area contributed by atoms with Crippen LogP contribution in [-0.4, -0.2) is 108 Å². The lowest BCUT2D eigenvalue weighted by molar-refractivity contribution is -0.0585. The zero-order chi connectivity index (χ0) is 25.3. The monoisotopic (exact) mass is 562 g/mol. The molecule has 3 heterocycles. The van der Waals surface area contributed by atoms with Crippen molar-refractivity contribution in [2.75, 3.05) is 57.8 Å². The van der Waals surface area contributed by atoms with Crippen molar-refractivity contribution in [2.24, 2.45) is 5.92 Å². The lowest BCUT2D eigenvalue weighted by Crippen LogP contribution is -2.49. The topological polar surface area (TPSA) is 167 Å². The molecule has 20 heteroatoms. The van der Waals surface area contributed by atoms with Crippen molar-refractivity contribution in [3.8, 4) is 0 Å². The Bertz CT molecular complexity index is 954. The molecule has 13 nitrogen and oxygen atoms in total. The van der Waals surface area contributed by atoms with Crippen LogP contribution in [0.25, 0.3) is 0 Å². The summed E-state index contributed by atoms with van der Waals surface area (Å²) in [5.74, 6) is -2.56. The minimum absolute atomic E-state index is 0.487. The second kappa shape index (κ2) is 10.4. The third kappa shape index (κ3) is 8.24. The van der Waals surface area contributed by atoms with Gasteiger partial charge in [-0.1, -0.05) is 0 Å². The molecule has 3 aliphatic heterocycles. The molecule has 0 spiro atoms. The van der Waals surface area contributed by atoms with Crippen LogP contribution in [0.1, 0.15) is 6.42 Å². The van der Waals surface area contributed by atoms with Crippen LogP contribution in [0.3, 0.4) is 0 Å². The van der Waals surface area contributed by atoms with Crippen LogP contribution in [0.15, 0.2) is 0 Å². The van der Waals surface area contributed by atoms with Crippen molar-refractivity contribution in [1.29, 1.82) is 0 Å². The summed E-state index contributed by atoms with van der Waals surface area (Å²) in [6.45, 7) is -5.91. The molecule has 3 saturated heterocycles. The van der Waals surface area contributed by atoms with E-state index >= 15 is 0 Å². The van der Waals surface area contributed by atoms with Crippen LogP contribution in [0.4, 0.5) is 13.2 Å². The molecule has 0 N–H and O–H groups in total. The average molecular weight is 562 g/mol. The first-order chi connectivity index (χ1) is 15.6. The predicted octanol–water partition coefficient (Wildman–Crippen LogP) is -1.21. The van der Waals surface area contributed by atoms with Gasteiger partial charge in [-0.3, -0.25) is 8.37 Å². The number of alkyl halides is 3. The summed E-state index contributed by atoms with van der Waals surface area (Å²) in [5, 5.41) is 0. The van der Waals surface area contributed by atoms with E-state index in [1.54, 1.807) is 0 Å². The summed E-state index contributed by atoms with van der Waals surface area (Å²) < 4.78 is 144. The standard InChI is InChI=1S/C14H22BF3O13S3/c16-12-4-28-33(21,22)5-11(12)3-25-15(26-6-13(17)1-2-32(19,20)29-8-13)27-7-14(18)9-30-34(23,24)31-10-14/h11-12H,1-10H2. The number of halogens is 3. The SMILES string of the molecule is O=S1(=O)CCC(F)(COB(OCC2CS(=O)(=O)OCC2F)OCC2(F)COS(=O)(=O)OC2)CO1. The quantitative estimate of drug-likeness (QED) is 0.243. The van der Waals surface area contributed by atoms with E-state index in [2.05, 4.69) is 16.7 Å². The first kappa shape index (κ1) is 28.0. The molecule has 0 aromatic heterocycles. The summed E-state index contributed by atoms with van der Waals surface area (Å²) in [6.07, 6.45) is -2.22. The van der Waals surface area contributed by atoms with Crippen LogP contribution in [0, 0.1) is 5.92 Å². The highest BCUT2D eigenvalue weighted by molar-refractivity contribution is 7.87. The fourth-order valence-electron chi connectivity index (χ4n) is 2.92.